The first-order valence-corrected chi connectivity index (χ1v) is 6.04. The summed E-state index contributed by atoms with van der Waals surface area (Å²) in [5.41, 5.74) is 0. The van der Waals surface area contributed by atoms with Gasteiger partial charge >= 0.3 is 5.97 Å². The Bertz CT molecular complexity index is 281. The molecule has 90 valence electrons. The van der Waals surface area contributed by atoms with Crippen molar-refractivity contribution in [3.05, 3.63) is 12.2 Å². The largest absolute Gasteiger partial charge is 0.481 e. The van der Waals surface area contributed by atoms with Gasteiger partial charge in [0, 0.05) is 18.8 Å². The Balaban J connectivity index is 2.46. The maximum absolute atomic E-state index is 11.6. The summed E-state index contributed by atoms with van der Waals surface area (Å²) in [7, 11) is 0. The number of carboxylic acid groups (broad SMARTS) is 1. The van der Waals surface area contributed by atoms with Crippen molar-refractivity contribution in [2.24, 2.45) is 11.8 Å². The summed E-state index contributed by atoms with van der Waals surface area (Å²) in [6, 6.07) is 0. The van der Waals surface area contributed by atoms with Crippen LogP contribution >= 0.6 is 0 Å². The third kappa shape index (κ3) is 3.80. The lowest BCUT2D eigenvalue weighted by molar-refractivity contribution is -0.138. The smallest absolute Gasteiger partial charge is 0.303 e. The molecule has 0 aromatic rings. The van der Waals surface area contributed by atoms with Crippen molar-refractivity contribution in [1.82, 2.24) is 0 Å². The summed E-state index contributed by atoms with van der Waals surface area (Å²) in [5.74, 6) is -0.546. The Morgan fingerprint density at radius 3 is 2.88 bits per heavy atom. The molecule has 0 aromatic heterocycles. The average molecular weight is 224 g/mol. The maximum atomic E-state index is 11.6. The van der Waals surface area contributed by atoms with E-state index in [1.807, 2.05) is 6.08 Å². The third-order valence-electron chi connectivity index (χ3n) is 3.19. The summed E-state index contributed by atoms with van der Waals surface area (Å²) < 4.78 is 0. The van der Waals surface area contributed by atoms with Crippen LogP contribution < -0.4 is 0 Å². The van der Waals surface area contributed by atoms with Gasteiger partial charge in [-0.3, -0.25) is 9.59 Å². The van der Waals surface area contributed by atoms with Crippen molar-refractivity contribution < 1.29 is 14.7 Å². The molecule has 0 saturated heterocycles. The molecule has 1 rings (SSSR count). The molecular formula is C13H20O3. The quantitative estimate of drug-likeness (QED) is 0.706. The van der Waals surface area contributed by atoms with Crippen LogP contribution in [-0.4, -0.2) is 16.9 Å². The molecule has 1 saturated carbocycles. The van der Waals surface area contributed by atoms with Gasteiger partial charge in [0.15, 0.2) is 0 Å². The van der Waals surface area contributed by atoms with Gasteiger partial charge in [-0.15, -0.1) is 0 Å². The minimum absolute atomic E-state index is 0.0517. The summed E-state index contributed by atoms with van der Waals surface area (Å²) in [6.07, 6.45) is 8.42. The van der Waals surface area contributed by atoms with E-state index in [4.69, 9.17) is 5.11 Å². The van der Waals surface area contributed by atoms with E-state index in [9.17, 15) is 9.59 Å². The van der Waals surface area contributed by atoms with Crippen molar-refractivity contribution in [1.29, 1.82) is 0 Å². The zero-order valence-electron chi connectivity index (χ0n) is 9.82. The van der Waals surface area contributed by atoms with Gasteiger partial charge in [0.2, 0.25) is 0 Å². The molecule has 0 bridgehead atoms. The number of Topliss-reactive ketones (excluding diaryl/α,β-unsaturated/α-hetero) is 1. The SMILES string of the molecule is CCC/C=C/CC1C(=O)CCC1CC(=O)O. The van der Waals surface area contributed by atoms with Crippen molar-refractivity contribution in [3.63, 3.8) is 0 Å². The normalized spacial score (nSPS) is 25.4. The summed E-state index contributed by atoms with van der Waals surface area (Å²) in [5, 5.41) is 8.76. The van der Waals surface area contributed by atoms with Crippen LogP contribution in [0.25, 0.3) is 0 Å². The van der Waals surface area contributed by atoms with Crippen LogP contribution in [0.5, 0.6) is 0 Å². The fourth-order valence-corrected chi connectivity index (χ4v) is 2.30. The molecule has 1 N–H and O–H groups in total. The van der Waals surface area contributed by atoms with E-state index in [1.54, 1.807) is 0 Å². The highest BCUT2D eigenvalue weighted by Crippen LogP contribution is 2.33. The number of unbranched alkanes of at least 4 members (excludes halogenated alkanes) is 1. The van der Waals surface area contributed by atoms with Gasteiger partial charge in [-0.1, -0.05) is 25.5 Å². The van der Waals surface area contributed by atoms with Crippen molar-refractivity contribution in [3.8, 4) is 0 Å². The first-order chi connectivity index (χ1) is 7.65. The number of carbonyl (C=O) groups excluding carboxylic acids is 1. The molecule has 3 heteroatoms. The Kier molecular flexibility index (Phi) is 5.23. The van der Waals surface area contributed by atoms with E-state index >= 15 is 0 Å². The molecule has 0 aliphatic heterocycles. The molecule has 16 heavy (non-hydrogen) atoms. The lowest BCUT2D eigenvalue weighted by Gasteiger charge is -2.14. The summed E-state index contributed by atoms with van der Waals surface area (Å²) >= 11 is 0. The van der Waals surface area contributed by atoms with Gasteiger partial charge < -0.3 is 5.11 Å². The second-order valence-electron chi connectivity index (χ2n) is 4.47. The van der Waals surface area contributed by atoms with E-state index in [0.29, 0.717) is 6.42 Å². The van der Waals surface area contributed by atoms with Gasteiger partial charge in [0.1, 0.15) is 5.78 Å². The van der Waals surface area contributed by atoms with Gasteiger partial charge in [0.25, 0.3) is 0 Å². The third-order valence-corrected chi connectivity index (χ3v) is 3.19. The minimum atomic E-state index is -0.790. The molecule has 0 amide bonds. The standard InChI is InChI=1S/C13H20O3/c1-2-3-4-5-6-11-10(9-13(15)16)7-8-12(11)14/h4-5,10-11H,2-3,6-9H2,1H3,(H,15,16)/b5-4+. The zero-order chi connectivity index (χ0) is 12.0. The zero-order valence-corrected chi connectivity index (χ0v) is 9.82. The number of aliphatic carboxylic acids is 1. The molecule has 3 nitrogen and oxygen atoms in total. The molecule has 2 atom stereocenters. The van der Waals surface area contributed by atoms with E-state index in [1.165, 1.54) is 0 Å². The lowest BCUT2D eigenvalue weighted by Crippen LogP contribution is -2.17. The first kappa shape index (κ1) is 12.9. The van der Waals surface area contributed by atoms with E-state index in [2.05, 4.69) is 13.0 Å². The fourth-order valence-electron chi connectivity index (χ4n) is 2.30. The molecule has 0 radical (unpaired) electrons. The van der Waals surface area contributed by atoms with Crippen LogP contribution in [0.3, 0.4) is 0 Å². The number of carboxylic acids is 1. The highest BCUT2D eigenvalue weighted by molar-refractivity contribution is 5.84. The van der Waals surface area contributed by atoms with Crippen LogP contribution in [0.15, 0.2) is 12.2 Å². The summed E-state index contributed by atoms with van der Waals surface area (Å²) in [4.78, 5) is 22.3. The minimum Gasteiger partial charge on any atom is -0.481 e. The van der Waals surface area contributed by atoms with E-state index in [0.717, 1.165) is 25.7 Å². The van der Waals surface area contributed by atoms with Crippen molar-refractivity contribution in [2.45, 2.75) is 45.4 Å². The average Bonchev–Trinajstić information content (AvgIpc) is 2.55. The second-order valence-corrected chi connectivity index (χ2v) is 4.47. The van der Waals surface area contributed by atoms with Crippen molar-refractivity contribution >= 4 is 11.8 Å². The Morgan fingerprint density at radius 1 is 1.50 bits per heavy atom. The highest BCUT2D eigenvalue weighted by Gasteiger charge is 2.34. The molecule has 0 heterocycles. The second kappa shape index (κ2) is 6.46. The van der Waals surface area contributed by atoms with E-state index < -0.39 is 5.97 Å². The molecule has 1 aliphatic rings. The lowest BCUT2D eigenvalue weighted by atomic mass is 9.89. The number of ketones is 1. The van der Waals surface area contributed by atoms with E-state index in [-0.39, 0.29) is 24.0 Å². The topological polar surface area (TPSA) is 54.4 Å². The number of carbonyl (C=O) groups is 2. The Hall–Kier alpha value is -1.12. The van der Waals surface area contributed by atoms with Crippen LogP contribution in [0.2, 0.25) is 0 Å². The Labute approximate surface area is 96.5 Å². The predicted molar refractivity (Wildman–Crippen MR) is 62.1 cm³/mol. The molecule has 2 unspecified atom stereocenters. The van der Waals surface area contributed by atoms with Crippen LogP contribution in [0.4, 0.5) is 0 Å². The molecule has 0 aromatic carbocycles. The number of hydrogen-bond donors (Lipinski definition) is 1. The number of hydrogen-bond acceptors (Lipinski definition) is 2. The van der Waals surface area contributed by atoms with Crippen LogP contribution in [0.1, 0.15) is 45.4 Å². The van der Waals surface area contributed by atoms with Gasteiger partial charge in [-0.2, -0.15) is 0 Å². The summed E-state index contributed by atoms with van der Waals surface area (Å²) in [6.45, 7) is 2.11. The number of allylic oxidation sites excluding steroid dienone is 2. The van der Waals surface area contributed by atoms with Gasteiger partial charge in [-0.25, -0.2) is 0 Å². The monoisotopic (exact) mass is 224 g/mol. The van der Waals surface area contributed by atoms with Gasteiger partial charge in [0.05, 0.1) is 0 Å². The molecule has 1 aliphatic carbocycles. The molecular weight excluding hydrogens is 204 g/mol. The number of rotatable bonds is 6. The van der Waals surface area contributed by atoms with Crippen molar-refractivity contribution in [2.75, 3.05) is 0 Å². The van der Waals surface area contributed by atoms with Crippen LogP contribution in [-0.2, 0) is 9.59 Å². The van der Waals surface area contributed by atoms with Gasteiger partial charge in [-0.05, 0) is 25.2 Å². The predicted octanol–water partition coefficient (Wildman–Crippen LogP) is 2.80. The Morgan fingerprint density at radius 2 is 2.25 bits per heavy atom. The van der Waals surface area contributed by atoms with Crippen LogP contribution in [0, 0.1) is 11.8 Å². The highest BCUT2D eigenvalue weighted by atomic mass is 16.4. The molecule has 0 spiro atoms. The maximum Gasteiger partial charge on any atom is 0.303 e. The molecule has 1 fully saturated rings. The fraction of sp³-hybridized carbons (Fsp3) is 0.692. The first-order valence-electron chi connectivity index (χ1n) is 6.04.